The average Bonchev–Trinajstić information content (AvgIpc) is 2.19. The Morgan fingerprint density at radius 3 is 2.50 bits per heavy atom. The molecule has 1 aromatic carbocycles. The van der Waals surface area contributed by atoms with Gasteiger partial charge in [-0.1, -0.05) is 25.4 Å². The van der Waals surface area contributed by atoms with Crippen LogP contribution < -0.4 is 5.43 Å². The molecule has 0 bridgehead atoms. The van der Waals surface area contributed by atoms with Gasteiger partial charge in [0.05, 0.1) is 10.7 Å². The third-order valence-corrected chi connectivity index (χ3v) is 2.26. The van der Waals surface area contributed by atoms with E-state index in [0.29, 0.717) is 0 Å². The zero-order chi connectivity index (χ0) is 10.6. The zero-order valence-corrected chi connectivity index (χ0v) is 9.11. The Morgan fingerprint density at radius 2 is 2.00 bits per heavy atom. The Bertz CT molecular complexity index is 300. The number of hydrogen-bond acceptors (Lipinski definition) is 2. The van der Waals surface area contributed by atoms with Crippen molar-refractivity contribution in [3.05, 3.63) is 29.0 Å². The maximum atomic E-state index is 12.8. The first-order valence-corrected chi connectivity index (χ1v) is 5.01. The summed E-state index contributed by atoms with van der Waals surface area (Å²) in [5.74, 6) is -0.392. The van der Waals surface area contributed by atoms with Crippen LogP contribution in [0.5, 0.6) is 0 Å². The van der Waals surface area contributed by atoms with Gasteiger partial charge in [-0.2, -0.15) is 0 Å². The molecule has 0 fully saturated rings. The molecule has 1 N–H and O–H groups in total. The van der Waals surface area contributed by atoms with E-state index in [1.54, 1.807) is 12.1 Å². The molecular weight excluding hydrogens is 203 g/mol. The van der Waals surface area contributed by atoms with Crippen molar-refractivity contribution in [2.75, 3.05) is 18.5 Å². The van der Waals surface area contributed by atoms with Gasteiger partial charge in [0, 0.05) is 13.1 Å². The third-order valence-electron chi connectivity index (χ3n) is 1.97. The highest BCUT2D eigenvalue weighted by molar-refractivity contribution is 6.31. The van der Waals surface area contributed by atoms with Gasteiger partial charge < -0.3 is 5.43 Å². The predicted octanol–water partition coefficient (Wildman–Crippen LogP) is 3.15. The molecule has 0 spiro atoms. The van der Waals surface area contributed by atoms with E-state index in [4.69, 9.17) is 11.6 Å². The van der Waals surface area contributed by atoms with Crippen LogP contribution in [0.15, 0.2) is 18.2 Å². The van der Waals surface area contributed by atoms with Crippen molar-refractivity contribution >= 4 is 17.3 Å². The highest BCUT2D eigenvalue weighted by Crippen LogP contribution is 2.19. The summed E-state index contributed by atoms with van der Waals surface area (Å²) in [7, 11) is 0. The van der Waals surface area contributed by atoms with Crippen LogP contribution in [0.3, 0.4) is 0 Å². The Labute approximate surface area is 88.6 Å². The molecule has 0 atom stereocenters. The first-order chi connectivity index (χ1) is 6.67. The molecular formula is C10H14ClFN2. The van der Waals surface area contributed by atoms with E-state index in [-0.39, 0.29) is 5.02 Å². The molecule has 0 amide bonds. The quantitative estimate of drug-likeness (QED) is 0.778. The van der Waals surface area contributed by atoms with Crippen molar-refractivity contribution < 1.29 is 4.39 Å². The van der Waals surface area contributed by atoms with Crippen LogP contribution >= 0.6 is 11.6 Å². The van der Waals surface area contributed by atoms with E-state index in [9.17, 15) is 4.39 Å². The number of rotatable bonds is 4. The Hall–Kier alpha value is -0.800. The standard InChI is InChI=1S/C10H14ClFN2/c1-3-14(4-2)13-8-5-6-10(12)9(11)7-8/h5-7,13H,3-4H2,1-2H3. The average molecular weight is 217 g/mol. The molecule has 0 aromatic heterocycles. The molecule has 78 valence electrons. The molecule has 0 saturated heterocycles. The minimum absolute atomic E-state index is 0.141. The molecule has 1 rings (SSSR count). The molecule has 0 aliphatic rings. The van der Waals surface area contributed by atoms with Crippen LogP contribution in [0.4, 0.5) is 10.1 Å². The number of halogens is 2. The lowest BCUT2D eigenvalue weighted by molar-refractivity contribution is 0.367. The summed E-state index contributed by atoms with van der Waals surface area (Å²) in [6, 6.07) is 4.60. The fourth-order valence-corrected chi connectivity index (χ4v) is 1.31. The van der Waals surface area contributed by atoms with E-state index in [1.165, 1.54) is 6.07 Å². The lowest BCUT2D eigenvalue weighted by atomic mass is 10.3. The normalized spacial score (nSPS) is 10.6. The molecule has 1 aromatic rings. The minimum Gasteiger partial charge on any atom is -0.319 e. The van der Waals surface area contributed by atoms with Gasteiger partial charge in [0.2, 0.25) is 0 Å². The maximum absolute atomic E-state index is 12.8. The van der Waals surface area contributed by atoms with Crippen LogP contribution in [0.25, 0.3) is 0 Å². The van der Waals surface area contributed by atoms with E-state index in [0.717, 1.165) is 18.8 Å². The molecule has 2 nitrogen and oxygen atoms in total. The van der Waals surface area contributed by atoms with Crippen molar-refractivity contribution in [1.29, 1.82) is 0 Å². The highest BCUT2D eigenvalue weighted by atomic mass is 35.5. The zero-order valence-electron chi connectivity index (χ0n) is 8.35. The first kappa shape index (κ1) is 11.3. The second-order valence-electron chi connectivity index (χ2n) is 2.91. The van der Waals surface area contributed by atoms with Gasteiger partial charge in [-0.25, -0.2) is 9.40 Å². The van der Waals surface area contributed by atoms with Crippen LogP contribution in [-0.4, -0.2) is 18.1 Å². The number of anilines is 1. The summed E-state index contributed by atoms with van der Waals surface area (Å²) in [6.07, 6.45) is 0. The molecule has 14 heavy (non-hydrogen) atoms. The molecule has 0 radical (unpaired) electrons. The van der Waals surface area contributed by atoms with Crippen LogP contribution in [0.2, 0.25) is 5.02 Å². The summed E-state index contributed by atoms with van der Waals surface area (Å²) in [5, 5.41) is 2.14. The maximum Gasteiger partial charge on any atom is 0.141 e. The highest BCUT2D eigenvalue weighted by Gasteiger charge is 2.02. The van der Waals surface area contributed by atoms with Gasteiger partial charge >= 0.3 is 0 Å². The molecule has 4 heteroatoms. The summed E-state index contributed by atoms with van der Waals surface area (Å²) >= 11 is 5.65. The topological polar surface area (TPSA) is 15.3 Å². The number of nitrogens with one attached hydrogen (secondary N) is 1. The van der Waals surface area contributed by atoms with Gasteiger partial charge in [0.15, 0.2) is 0 Å². The molecule has 0 aliphatic heterocycles. The summed E-state index contributed by atoms with van der Waals surface area (Å²) in [5.41, 5.74) is 3.93. The predicted molar refractivity (Wildman–Crippen MR) is 58.0 cm³/mol. The molecule has 0 unspecified atom stereocenters. The Morgan fingerprint density at radius 1 is 1.36 bits per heavy atom. The number of hydrogen-bond donors (Lipinski definition) is 1. The SMILES string of the molecule is CCN(CC)Nc1ccc(F)c(Cl)c1. The summed E-state index contributed by atoms with van der Waals surface area (Å²) in [4.78, 5) is 0. The smallest absolute Gasteiger partial charge is 0.141 e. The second kappa shape index (κ2) is 5.17. The Kier molecular flexibility index (Phi) is 4.17. The Balaban J connectivity index is 2.72. The van der Waals surface area contributed by atoms with Gasteiger partial charge in [-0.3, -0.25) is 0 Å². The lowest BCUT2D eigenvalue weighted by Gasteiger charge is -2.20. The van der Waals surface area contributed by atoms with Crippen molar-refractivity contribution in [3.8, 4) is 0 Å². The van der Waals surface area contributed by atoms with Crippen LogP contribution in [-0.2, 0) is 0 Å². The van der Waals surface area contributed by atoms with Gasteiger partial charge in [0.1, 0.15) is 5.82 Å². The summed E-state index contributed by atoms with van der Waals surface area (Å²) < 4.78 is 12.8. The summed E-state index contributed by atoms with van der Waals surface area (Å²) in [6.45, 7) is 5.85. The molecule has 0 aliphatic carbocycles. The molecule has 0 saturated carbocycles. The fraction of sp³-hybridized carbons (Fsp3) is 0.400. The number of benzene rings is 1. The largest absolute Gasteiger partial charge is 0.319 e. The van der Waals surface area contributed by atoms with E-state index in [1.807, 2.05) is 18.9 Å². The van der Waals surface area contributed by atoms with Gasteiger partial charge in [-0.15, -0.1) is 0 Å². The van der Waals surface area contributed by atoms with E-state index >= 15 is 0 Å². The van der Waals surface area contributed by atoms with E-state index in [2.05, 4.69) is 5.43 Å². The van der Waals surface area contributed by atoms with Crippen LogP contribution in [0.1, 0.15) is 13.8 Å². The first-order valence-electron chi connectivity index (χ1n) is 4.64. The molecule has 0 heterocycles. The monoisotopic (exact) mass is 216 g/mol. The fourth-order valence-electron chi connectivity index (χ4n) is 1.13. The van der Waals surface area contributed by atoms with Gasteiger partial charge in [-0.05, 0) is 18.2 Å². The number of nitrogens with zero attached hydrogens (tertiary/aromatic N) is 1. The van der Waals surface area contributed by atoms with Gasteiger partial charge in [0.25, 0.3) is 0 Å². The lowest BCUT2D eigenvalue weighted by Crippen LogP contribution is -2.29. The number of hydrazine groups is 1. The van der Waals surface area contributed by atoms with Crippen molar-refractivity contribution in [2.24, 2.45) is 0 Å². The van der Waals surface area contributed by atoms with Crippen LogP contribution in [0, 0.1) is 5.82 Å². The van der Waals surface area contributed by atoms with Crippen molar-refractivity contribution in [2.45, 2.75) is 13.8 Å². The second-order valence-corrected chi connectivity index (χ2v) is 3.32. The van der Waals surface area contributed by atoms with Crippen molar-refractivity contribution in [1.82, 2.24) is 5.01 Å². The van der Waals surface area contributed by atoms with Crippen molar-refractivity contribution in [3.63, 3.8) is 0 Å². The van der Waals surface area contributed by atoms with E-state index < -0.39 is 5.82 Å². The minimum atomic E-state index is -0.392. The third kappa shape index (κ3) is 2.86.